The summed E-state index contributed by atoms with van der Waals surface area (Å²) in [6, 6.07) is 8.90. The molecule has 0 saturated heterocycles. The maximum atomic E-state index is 5.31. The number of methoxy groups -OCH3 is 1. The summed E-state index contributed by atoms with van der Waals surface area (Å²) in [4.78, 5) is 0. The molecule has 18 heavy (non-hydrogen) atoms. The smallest absolute Gasteiger partial charge is 0.119 e. The van der Waals surface area contributed by atoms with Gasteiger partial charge >= 0.3 is 0 Å². The number of benzene rings is 1. The first kappa shape index (κ1) is 15.0. The van der Waals surface area contributed by atoms with Crippen LogP contribution < -0.4 is 10.1 Å². The van der Waals surface area contributed by atoms with E-state index in [1.807, 2.05) is 6.07 Å². The van der Waals surface area contributed by atoms with E-state index in [-0.39, 0.29) is 0 Å². The number of hydrogen-bond acceptors (Lipinski definition) is 2. The Morgan fingerprint density at radius 3 is 2.67 bits per heavy atom. The molecule has 1 N–H and O–H groups in total. The zero-order valence-corrected chi connectivity index (χ0v) is 12.0. The third-order valence-electron chi connectivity index (χ3n) is 3.23. The molecule has 0 heterocycles. The molecule has 1 atom stereocenters. The second-order valence-corrected chi connectivity index (χ2v) is 4.78. The molecule has 0 spiro atoms. The maximum absolute atomic E-state index is 5.31. The van der Waals surface area contributed by atoms with Gasteiger partial charge in [0.1, 0.15) is 5.75 Å². The van der Waals surface area contributed by atoms with Crippen LogP contribution >= 0.6 is 0 Å². The molecule has 0 aliphatic carbocycles. The standard InChI is InChI=1S/C16H27NO/c1-4-6-7-11-16(17-12-5-2)14-9-8-10-15(13-14)18-3/h8-10,13,16-17H,4-7,11-12H2,1-3H3. The van der Waals surface area contributed by atoms with Crippen LogP contribution in [0.2, 0.25) is 0 Å². The lowest BCUT2D eigenvalue weighted by Gasteiger charge is -2.19. The van der Waals surface area contributed by atoms with Gasteiger partial charge in [0, 0.05) is 6.04 Å². The summed E-state index contributed by atoms with van der Waals surface area (Å²) in [7, 11) is 1.73. The molecule has 0 bridgehead atoms. The minimum absolute atomic E-state index is 0.464. The molecule has 0 amide bonds. The molecule has 2 heteroatoms. The lowest BCUT2D eigenvalue weighted by Crippen LogP contribution is -2.22. The Kier molecular flexibility index (Phi) is 7.51. The highest BCUT2D eigenvalue weighted by Crippen LogP contribution is 2.23. The van der Waals surface area contributed by atoms with E-state index in [4.69, 9.17) is 4.74 Å². The molecule has 0 aliphatic heterocycles. The van der Waals surface area contributed by atoms with Gasteiger partial charge in [-0.2, -0.15) is 0 Å². The predicted octanol–water partition coefficient (Wildman–Crippen LogP) is 4.32. The first-order valence-corrected chi connectivity index (χ1v) is 7.19. The molecule has 0 aromatic heterocycles. The summed E-state index contributed by atoms with van der Waals surface area (Å²) >= 11 is 0. The maximum Gasteiger partial charge on any atom is 0.119 e. The van der Waals surface area contributed by atoms with E-state index in [0.717, 1.165) is 12.3 Å². The number of nitrogens with one attached hydrogen (secondary N) is 1. The van der Waals surface area contributed by atoms with Crippen LogP contribution in [-0.4, -0.2) is 13.7 Å². The Bertz CT molecular complexity index is 325. The normalized spacial score (nSPS) is 12.4. The molecule has 1 aromatic carbocycles. The number of ether oxygens (including phenoxy) is 1. The summed E-state index contributed by atoms with van der Waals surface area (Å²) < 4.78 is 5.31. The van der Waals surface area contributed by atoms with Gasteiger partial charge in [-0.1, -0.05) is 45.2 Å². The second-order valence-electron chi connectivity index (χ2n) is 4.78. The number of unbranched alkanes of at least 4 members (excludes halogenated alkanes) is 2. The topological polar surface area (TPSA) is 21.3 Å². The average Bonchev–Trinajstić information content (AvgIpc) is 2.42. The van der Waals surface area contributed by atoms with Crippen molar-refractivity contribution in [1.82, 2.24) is 5.32 Å². The lowest BCUT2D eigenvalue weighted by molar-refractivity contribution is 0.411. The molecular formula is C16H27NO. The quantitative estimate of drug-likeness (QED) is 0.658. The van der Waals surface area contributed by atoms with Crippen LogP contribution in [0.1, 0.15) is 57.6 Å². The summed E-state index contributed by atoms with van der Waals surface area (Å²) in [5, 5.41) is 3.64. The second kappa shape index (κ2) is 8.98. The van der Waals surface area contributed by atoms with Crippen molar-refractivity contribution >= 4 is 0 Å². The number of hydrogen-bond donors (Lipinski definition) is 1. The van der Waals surface area contributed by atoms with Gasteiger partial charge in [-0.15, -0.1) is 0 Å². The fourth-order valence-corrected chi connectivity index (χ4v) is 2.16. The molecule has 102 valence electrons. The van der Waals surface area contributed by atoms with Crippen molar-refractivity contribution in [2.75, 3.05) is 13.7 Å². The SMILES string of the molecule is CCCCCC(NCCC)c1cccc(OC)c1. The van der Waals surface area contributed by atoms with E-state index < -0.39 is 0 Å². The summed E-state index contributed by atoms with van der Waals surface area (Å²) in [6.45, 7) is 5.54. The minimum atomic E-state index is 0.464. The van der Waals surface area contributed by atoms with Gasteiger partial charge in [0.05, 0.1) is 7.11 Å². The molecule has 1 unspecified atom stereocenters. The molecule has 0 fully saturated rings. The first-order chi connectivity index (χ1) is 8.81. The number of rotatable bonds is 9. The minimum Gasteiger partial charge on any atom is -0.497 e. The van der Waals surface area contributed by atoms with Crippen molar-refractivity contribution in [1.29, 1.82) is 0 Å². The first-order valence-electron chi connectivity index (χ1n) is 7.19. The Balaban J connectivity index is 2.66. The molecule has 0 radical (unpaired) electrons. The third kappa shape index (κ3) is 5.09. The fraction of sp³-hybridized carbons (Fsp3) is 0.625. The van der Waals surface area contributed by atoms with Gasteiger partial charge in [-0.3, -0.25) is 0 Å². The van der Waals surface area contributed by atoms with E-state index in [1.54, 1.807) is 7.11 Å². The van der Waals surface area contributed by atoms with Gasteiger partial charge < -0.3 is 10.1 Å². The summed E-state index contributed by atoms with van der Waals surface area (Å²) in [5.74, 6) is 0.950. The van der Waals surface area contributed by atoms with Gasteiger partial charge in [0.25, 0.3) is 0 Å². The van der Waals surface area contributed by atoms with Crippen molar-refractivity contribution in [2.45, 2.75) is 52.0 Å². The van der Waals surface area contributed by atoms with Crippen LogP contribution in [0.4, 0.5) is 0 Å². The zero-order valence-electron chi connectivity index (χ0n) is 12.0. The molecule has 1 rings (SSSR count). The third-order valence-corrected chi connectivity index (χ3v) is 3.23. The molecule has 0 aliphatic rings. The predicted molar refractivity (Wildman–Crippen MR) is 78.2 cm³/mol. The van der Waals surface area contributed by atoms with Gasteiger partial charge in [0.15, 0.2) is 0 Å². The molecular weight excluding hydrogens is 222 g/mol. The van der Waals surface area contributed by atoms with Crippen molar-refractivity contribution in [3.8, 4) is 5.75 Å². The zero-order chi connectivity index (χ0) is 13.2. The largest absolute Gasteiger partial charge is 0.497 e. The fourth-order valence-electron chi connectivity index (χ4n) is 2.16. The molecule has 1 aromatic rings. The summed E-state index contributed by atoms with van der Waals surface area (Å²) in [5.41, 5.74) is 1.35. The Labute approximate surface area is 112 Å². The van der Waals surface area contributed by atoms with E-state index in [1.165, 1.54) is 37.7 Å². The van der Waals surface area contributed by atoms with Crippen LogP contribution in [0.15, 0.2) is 24.3 Å². The highest BCUT2D eigenvalue weighted by atomic mass is 16.5. The Morgan fingerprint density at radius 2 is 2.00 bits per heavy atom. The van der Waals surface area contributed by atoms with Crippen LogP contribution in [0.25, 0.3) is 0 Å². The molecule has 0 saturated carbocycles. The van der Waals surface area contributed by atoms with Gasteiger partial charge in [0.2, 0.25) is 0 Å². The van der Waals surface area contributed by atoms with Crippen molar-refractivity contribution in [2.24, 2.45) is 0 Å². The lowest BCUT2D eigenvalue weighted by atomic mass is 10.00. The van der Waals surface area contributed by atoms with Crippen LogP contribution in [-0.2, 0) is 0 Å². The van der Waals surface area contributed by atoms with Gasteiger partial charge in [-0.05, 0) is 37.1 Å². The average molecular weight is 249 g/mol. The van der Waals surface area contributed by atoms with Crippen LogP contribution in [0.3, 0.4) is 0 Å². The Hall–Kier alpha value is -1.02. The van der Waals surface area contributed by atoms with Crippen molar-refractivity contribution < 1.29 is 4.74 Å². The van der Waals surface area contributed by atoms with E-state index in [0.29, 0.717) is 6.04 Å². The Morgan fingerprint density at radius 1 is 1.17 bits per heavy atom. The van der Waals surface area contributed by atoms with Crippen LogP contribution in [0, 0.1) is 0 Å². The summed E-state index contributed by atoms with van der Waals surface area (Å²) in [6.07, 6.45) is 6.26. The highest BCUT2D eigenvalue weighted by molar-refractivity contribution is 5.30. The van der Waals surface area contributed by atoms with Crippen LogP contribution in [0.5, 0.6) is 5.75 Å². The van der Waals surface area contributed by atoms with Gasteiger partial charge in [-0.25, -0.2) is 0 Å². The van der Waals surface area contributed by atoms with E-state index >= 15 is 0 Å². The monoisotopic (exact) mass is 249 g/mol. The molecule has 2 nitrogen and oxygen atoms in total. The highest BCUT2D eigenvalue weighted by Gasteiger charge is 2.10. The van der Waals surface area contributed by atoms with Crippen molar-refractivity contribution in [3.05, 3.63) is 29.8 Å². The van der Waals surface area contributed by atoms with E-state index in [9.17, 15) is 0 Å². The van der Waals surface area contributed by atoms with E-state index in [2.05, 4.69) is 37.4 Å². The van der Waals surface area contributed by atoms with Crippen molar-refractivity contribution in [3.63, 3.8) is 0 Å².